The van der Waals surface area contributed by atoms with Gasteiger partial charge in [-0.25, -0.2) is 4.68 Å². The molecule has 1 saturated heterocycles. The molecule has 0 unspecified atom stereocenters. The molecule has 1 atom stereocenters. The normalized spacial score (nSPS) is 17.5. The van der Waals surface area contributed by atoms with Crippen molar-refractivity contribution in [3.63, 3.8) is 0 Å². The van der Waals surface area contributed by atoms with E-state index in [1.807, 2.05) is 4.68 Å². The fourth-order valence-corrected chi connectivity index (χ4v) is 3.73. The Morgan fingerprint density at radius 2 is 1.81 bits per heavy atom. The molecule has 2 aromatic rings. The Labute approximate surface area is 162 Å². The van der Waals surface area contributed by atoms with E-state index in [9.17, 15) is 0 Å². The van der Waals surface area contributed by atoms with Crippen molar-refractivity contribution in [3.05, 3.63) is 41.7 Å². The lowest BCUT2D eigenvalue weighted by Gasteiger charge is -2.39. The molecule has 2 heterocycles. The van der Waals surface area contributed by atoms with Gasteiger partial charge in [0.1, 0.15) is 0 Å². The van der Waals surface area contributed by atoms with Crippen molar-refractivity contribution in [2.24, 2.45) is 5.92 Å². The molecule has 0 saturated carbocycles. The Morgan fingerprint density at radius 1 is 1.07 bits per heavy atom. The highest BCUT2D eigenvalue weighted by atomic mass is 16.5. The Balaban J connectivity index is 1.64. The van der Waals surface area contributed by atoms with Crippen LogP contribution in [-0.2, 0) is 17.8 Å². The van der Waals surface area contributed by atoms with Crippen molar-refractivity contribution < 1.29 is 4.74 Å². The lowest BCUT2D eigenvalue weighted by molar-refractivity contribution is 0.0757. The number of hydrogen-bond donors (Lipinski definition) is 0. The Bertz CT molecular complexity index is 666. The molecule has 27 heavy (non-hydrogen) atoms. The van der Waals surface area contributed by atoms with E-state index in [1.54, 1.807) is 7.11 Å². The van der Waals surface area contributed by atoms with E-state index in [2.05, 4.69) is 69.5 Å². The highest BCUT2D eigenvalue weighted by molar-refractivity contribution is 5.14. The quantitative estimate of drug-likeness (QED) is 0.673. The largest absolute Gasteiger partial charge is 0.383 e. The first kappa shape index (κ1) is 19.9. The first-order chi connectivity index (χ1) is 13.2. The molecule has 0 bridgehead atoms. The van der Waals surface area contributed by atoms with E-state index >= 15 is 0 Å². The van der Waals surface area contributed by atoms with Crippen molar-refractivity contribution in [2.75, 3.05) is 39.9 Å². The maximum Gasteiger partial charge on any atom is 0.168 e. The Morgan fingerprint density at radius 3 is 2.48 bits per heavy atom. The van der Waals surface area contributed by atoms with Crippen LogP contribution in [0.25, 0.3) is 0 Å². The average molecular weight is 373 g/mol. The highest BCUT2D eigenvalue weighted by Gasteiger charge is 2.29. The molecule has 1 aromatic carbocycles. The van der Waals surface area contributed by atoms with Gasteiger partial charge in [0, 0.05) is 39.8 Å². The number of methoxy groups -OCH3 is 1. The van der Waals surface area contributed by atoms with Crippen molar-refractivity contribution in [1.82, 2.24) is 30.0 Å². The van der Waals surface area contributed by atoms with E-state index < -0.39 is 0 Å². The summed E-state index contributed by atoms with van der Waals surface area (Å²) in [6.07, 6.45) is 1.06. The van der Waals surface area contributed by atoms with Gasteiger partial charge in [0.05, 0.1) is 19.2 Å². The van der Waals surface area contributed by atoms with Crippen LogP contribution in [0.2, 0.25) is 0 Å². The standard InChI is InChI=1S/C20H32N6O/c1-17(2)15-19(20-21-22-23-26(20)13-14-27-3)25-11-9-24(10-12-25)16-18-7-5-4-6-8-18/h4-8,17,19H,9-16H2,1-3H3/t19-/m0/s1. The van der Waals surface area contributed by atoms with Crippen molar-refractivity contribution in [1.29, 1.82) is 0 Å². The monoisotopic (exact) mass is 372 g/mol. The Kier molecular flexibility index (Phi) is 7.32. The summed E-state index contributed by atoms with van der Waals surface area (Å²) in [5, 5.41) is 12.5. The minimum Gasteiger partial charge on any atom is -0.383 e. The lowest BCUT2D eigenvalue weighted by atomic mass is 10.0. The van der Waals surface area contributed by atoms with Gasteiger partial charge in [0.25, 0.3) is 0 Å². The summed E-state index contributed by atoms with van der Waals surface area (Å²) in [5.74, 6) is 1.56. The molecule has 148 valence electrons. The predicted molar refractivity (Wildman–Crippen MR) is 105 cm³/mol. The number of aromatic nitrogens is 4. The molecule has 0 radical (unpaired) electrons. The van der Waals surface area contributed by atoms with Crippen LogP contribution in [0.5, 0.6) is 0 Å². The molecular formula is C20H32N6O. The van der Waals surface area contributed by atoms with Gasteiger partial charge in [-0.05, 0) is 28.3 Å². The first-order valence-electron chi connectivity index (χ1n) is 9.92. The molecule has 3 rings (SSSR count). The third-order valence-corrected chi connectivity index (χ3v) is 5.16. The van der Waals surface area contributed by atoms with Gasteiger partial charge < -0.3 is 4.74 Å². The number of benzene rings is 1. The van der Waals surface area contributed by atoms with E-state index in [0.29, 0.717) is 19.1 Å². The van der Waals surface area contributed by atoms with Crippen LogP contribution in [0.1, 0.15) is 37.7 Å². The molecule has 7 heteroatoms. The maximum absolute atomic E-state index is 5.21. The number of nitrogens with zero attached hydrogens (tertiary/aromatic N) is 6. The molecule has 1 aromatic heterocycles. The van der Waals surface area contributed by atoms with Gasteiger partial charge in [0.15, 0.2) is 5.82 Å². The number of tetrazole rings is 1. The number of piperazine rings is 1. The second-order valence-electron chi connectivity index (χ2n) is 7.70. The molecule has 0 N–H and O–H groups in total. The van der Waals surface area contributed by atoms with E-state index in [0.717, 1.165) is 45.0 Å². The number of rotatable bonds is 9. The third kappa shape index (κ3) is 5.57. The molecule has 0 amide bonds. The molecule has 1 aliphatic rings. The smallest absolute Gasteiger partial charge is 0.168 e. The van der Waals surface area contributed by atoms with E-state index in [1.165, 1.54) is 5.56 Å². The molecular weight excluding hydrogens is 340 g/mol. The van der Waals surface area contributed by atoms with E-state index in [4.69, 9.17) is 4.74 Å². The van der Waals surface area contributed by atoms with Crippen LogP contribution in [0.4, 0.5) is 0 Å². The summed E-state index contributed by atoms with van der Waals surface area (Å²) in [4.78, 5) is 5.09. The molecule has 1 fully saturated rings. The SMILES string of the molecule is COCCn1nnnc1[C@H](CC(C)C)N1CCN(Cc2ccccc2)CC1. The van der Waals surface area contributed by atoms with Crippen molar-refractivity contribution in [2.45, 2.75) is 39.4 Å². The minimum atomic E-state index is 0.260. The van der Waals surface area contributed by atoms with Gasteiger partial charge in [-0.1, -0.05) is 44.2 Å². The van der Waals surface area contributed by atoms with Gasteiger partial charge in [-0.2, -0.15) is 0 Å². The fraction of sp³-hybridized carbons (Fsp3) is 0.650. The van der Waals surface area contributed by atoms with Gasteiger partial charge in [-0.3, -0.25) is 9.80 Å². The van der Waals surface area contributed by atoms with E-state index in [-0.39, 0.29) is 6.04 Å². The van der Waals surface area contributed by atoms with Gasteiger partial charge in [0.2, 0.25) is 0 Å². The minimum absolute atomic E-state index is 0.260. The molecule has 7 nitrogen and oxygen atoms in total. The number of hydrogen-bond acceptors (Lipinski definition) is 6. The maximum atomic E-state index is 5.21. The van der Waals surface area contributed by atoms with Crippen molar-refractivity contribution >= 4 is 0 Å². The molecule has 0 spiro atoms. The van der Waals surface area contributed by atoms with Crippen LogP contribution < -0.4 is 0 Å². The van der Waals surface area contributed by atoms with Crippen LogP contribution in [0.3, 0.4) is 0 Å². The topological polar surface area (TPSA) is 59.3 Å². The summed E-state index contributed by atoms with van der Waals surface area (Å²) >= 11 is 0. The zero-order chi connectivity index (χ0) is 19.1. The second kappa shape index (κ2) is 9.92. The van der Waals surface area contributed by atoms with Crippen LogP contribution in [0.15, 0.2) is 30.3 Å². The van der Waals surface area contributed by atoms with Gasteiger partial charge >= 0.3 is 0 Å². The third-order valence-electron chi connectivity index (χ3n) is 5.16. The van der Waals surface area contributed by atoms with Crippen LogP contribution in [0, 0.1) is 5.92 Å². The predicted octanol–water partition coefficient (Wildman–Crippen LogP) is 2.22. The summed E-state index contributed by atoms with van der Waals surface area (Å²) in [7, 11) is 1.71. The zero-order valence-electron chi connectivity index (χ0n) is 16.8. The second-order valence-corrected chi connectivity index (χ2v) is 7.70. The zero-order valence-corrected chi connectivity index (χ0v) is 16.8. The van der Waals surface area contributed by atoms with Gasteiger partial charge in [-0.15, -0.1) is 5.10 Å². The molecule has 1 aliphatic heterocycles. The summed E-state index contributed by atoms with van der Waals surface area (Å²) in [5.41, 5.74) is 1.38. The molecule has 0 aliphatic carbocycles. The Hall–Kier alpha value is -1.83. The highest BCUT2D eigenvalue weighted by Crippen LogP contribution is 2.27. The number of ether oxygens (including phenoxy) is 1. The summed E-state index contributed by atoms with van der Waals surface area (Å²) in [6.45, 7) is 11.1. The first-order valence-corrected chi connectivity index (χ1v) is 9.92. The van der Waals surface area contributed by atoms with Crippen molar-refractivity contribution in [3.8, 4) is 0 Å². The van der Waals surface area contributed by atoms with Crippen LogP contribution >= 0.6 is 0 Å². The summed E-state index contributed by atoms with van der Waals surface area (Å²) in [6, 6.07) is 11.0. The van der Waals surface area contributed by atoms with Crippen LogP contribution in [-0.4, -0.2) is 69.9 Å². The average Bonchev–Trinajstić information content (AvgIpc) is 3.14. The lowest BCUT2D eigenvalue weighted by Crippen LogP contribution is -2.48. The summed E-state index contributed by atoms with van der Waals surface area (Å²) < 4.78 is 7.12. The fourth-order valence-electron chi connectivity index (χ4n) is 3.73.